The van der Waals surface area contributed by atoms with E-state index in [1.807, 2.05) is 11.8 Å². The summed E-state index contributed by atoms with van der Waals surface area (Å²) in [6.07, 6.45) is 22.7. The highest BCUT2D eigenvalue weighted by Gasteiger charge is 2.59. The second-order valence-electron chi connectivity index (χ2n) is 13.1. The lowest BCUT2D eigenvalue weighted by atomic mass is 9.47. The molecule has 4 aliphatic carbocycles. The molecule has 2 nitrogen and oxygen atoms in total. The van der Waals surface area contributed by atoms with Gasteiger partial charge in [0.25, 0.3) is 0 Å². The quantitative estimate of drug-likeness (QED) is 0.255. The van der Waals surface area contributed by atoms with Crippen LogP contribution in [0, 0.1) is 28.6 Å². The van der Waals surface area contributed by atoms with Crippen LogP contribution in [0.3, 0.4) is 0 Å². The average Bonchev–Trinajstić information content (AvgIpc) is 3.15. The monoisotopic (exact) mass is 502 g/mol. The van der Waals surface area contributed by atoms with E-state index in [4.69, 9.17) is 0 Å². The molecule has 200 valence electrons. The molecule has 0 unspecified atom stereocenters. The molecule has 0 aromatic rings. The van der Waals surface area contributed by atoms with Gasteiger partial charge in [0.05, 0.1) is 6.10 Å². The molecule has 35 heavy (non-hydrogen) atoms. The third-order valence-electron chi connectivity index (χ3n) is 11.1. The van der Waals surface area contributed by atoms with Gasteiger partial charge in [-0.25, -0.2) is 0 Å². The summed E-state index contributed by atoms with van der Waals surface area (Å²) >= 11 is 2.03. The van der Waals surface area contributed by atoms with E-state index in [9.17, 15) is 9.90 Å². The smallest absolute Gasteiger partial charge is 0.159 e. The molecule has 4 rings (SSSR count). The average molecular weight is 503 g/mol. The Labute approximate surface area is 220 Å². The highest BCUT2D eigenvalue weighted by molar-refractivity contribution is 7.99. The van der Waals surface area contributed by atoms with Crippen LogP contribution in [0.1, 0.15) is 136 Å². The zero-order valence-electron chi connectivity index (χ0n) is 23.2. The largest absolute Gasteiger partial charge is 0.393 e. The van der Waals surface area contributed by atoms with Crippen LogP contribution in [-0.2, 0) is 4.79 Å². The van der Waals surface area contributed by atoms with Gasteiger partial charge in [0.15, 0.2) is 5.78 Å². The molecule has 0 spiro atoms. The number of fused-ring (bicyclic) bond motifs is 5. The van der Waals surface area contributed by atoms with Gasteiger partial charge in [0.2, 0.25) is 0 Å². The minimum Gasteiger partial charge on any atom is -0.393 e. The van der Waals surface area contributed by atoms with E-state index in [0.717, 1.165) is 43.3 Å². The number of aliphatic hydroxyl groups excluding tert-OH is 1. The van der Waals surface area contributed by atoms with Crippen molar-refractivity contribution in [2.75, 3.05) is 11.5 Å². The van der Waals surface area contributed by atoms with Crippen LogP contribution < -0.4 is 0 Å². The van der Waals surface area contributed by atoms with Gasteiger partial charge in [0.1, 0.15) is 0 Å². The van der Waals surface area contributed by atoms with Crippen molar-refractivity contribution in [2.24, 2.45) is 28.6 Å². The Morgan fingerprint density at radius 3 is 2.23 bits per heavy atom. The fourth-order valence-corrected chi connectivity index (χ4v) is 9.92. The Hall–Kier alpha value is -0.280. The number of allylic oxidation sites excluding steroid dienone is 1. The van der Waals surface area contributed by atoms with Crippen molar-refractivity contribution in [3.8, 4) is 0 Å². The van der Waals surface area contributed by atoms with Gasteiger partial charge in [-0.2, -0.15) is 11.8 Å². The standard InChI is InChI=1S/C32H54O2S/c1-4-5-6-7-8-9-10-11-12-13-22-35-23-25-27-15-14-24-26-16-17-30(34)32(26,3)20-18-28(24)31(27,2)21-19-29(25)33/h24,26,28,30,34H,4-23H2,1-3H3/t24-,26-,28-,30-,31-,32-/m0/s1. The predicted octanol–water partition coefficient (Wildman–Crippen LogP) is 8.90. The number of carbonyl (C=O) groups excluding carboxylic acids is 1. The van der Waals surface area contributed by atoms with Gasteiger partial charge in [-0.1, -0.05) is 84.1 Å². The summed E-state index contributed by atoms with van der Waals surface area (Å²) in [5.41, 5.74) is 3.18. The van der Waals surface area contributed by atoms with Gasteiger partial charge in [-0.05, 0) is 85.7 Å². The summed E-state index contributed by atoms with van der Waals surface area (Å²) in [6, 6.07) is 0. The first-order valence-corrected chi connectivity index (χ1v) is 16.6. The van der Waals surface area contributed by atoms with Crippen molar-refractivity contribution in [1.82, 2.24) is 0 Å². The third-order valence-corrected chi connectivity index (χ3v) is 12.2. The van der Waals surface area contributed by atoms with Crippen molar-refractivity contribution >= 4 is 17.5 Å². The first-order chi connectivity index (χ1) is 16.9. The predicted molar refractivity (Wildman–Crippen MR) is 151 cm³/mol. The van der Waals surface area contributed by atoms with Gasteiger partial charge in [0, 0.05) is 17.7 Å². The topological polar surface area (TPSA) is 37.3 Å². The minimum atomic E-state index is -0.0936. The van der Waals surface area contributed by atoms with Crippen LogP contribution >= 0.6 is 11.8 Å². The first kappa shape index (κ1) is 27.7. The maximum atomic E-state index is 13.1. The van der Waals surface area contributed by atoms with E-state index >= 15 is 0 Å². The highest BCUT2D eigenvalue weighted by Crippen LogP contribution is 2.65. The summed E-state index contributed by atoms with van der Waals surface area (Å²) in [6.45, 7) is 7.18. The number of rotatable bonds is 13. The minimum absolute atomic E-state index is 0.0936. The molecule has 0 amide bonds. The molecule has 3 saturated carbocycles. The van der Waals surface area contributed by atoms with Crippen molar-refractivity contribution in [1.29, 1.82) is 0 Å². The number of ketones is 1. The number of unbranched alkanes of at least 4 members (excludes halogenated alkanes) is 9. The molecule has 0 radical (unpaired) electrons. The first-order valence-electron chi connectivity index (χ1n) is 15.4. The second kappa shape index (κ2) is 12.5. The number of hydrogen-bond donors (Lipinski definition) is 1. The molecule has 1 N–H and O–H groups in total. The van der Waals surface area contributed by atoms with Crippen molar-refractivity contribution in [3.05, 3.63) is 11.1 Å². The molecule has 0 aliphatic heterocycles. The van der Waals surface area contributed by atoms with E-state index in [0.29, 0.717) is 11.7 Å². The molecule has 0 aromatic heterocycles. The number of Topliss-reactive ketones (excluding diaryl/α,β-unsaturated/α-hetero) is 1. The molecule has 6 atom stereocenters. The maximum absolute atomic E-state index is 13.1. The molecule has 4 aliphatic rings. The van der Waals surface area contributed by atoms with Crippen LogP contribution in [0.5, 0.6) is 0 Å². The number of hydrogen-bond acceptors (Lipinski definition) is 3. The molecular weight excluding hydrogens is 448 g/mol. The van der Waals surface area contributed by atoms with Crippen molar-refractivity contribution < 1.29 is 9.90 Å². The summed E-state index contributed by atoms with van der Waals surface area (Å²) < 4.78 is 0. The highest BCUT2D eigenvalue weighted by atomic mass is 32.2. The van der Waals surface area contributed by atoms with E-state index < -0.39 is 0 Å². The lowest BCUT2D eigenvalue weighted by Gasteiger charge is -2.58. The van der Waals surface area contributed by atoms with Crippen LogP contribution in [0.15, 0.2) is 11.1 Å². The van der Waals surface area contributed by atoms with E-state index in [1.165, 1.54) is 101 Å². The number of thioether (sulfide) groups is 1. The molecule has 3 fully saturated rings. The fraction of sp³-hybridized carbons (Fsp3) is 0.906. The van der Waals surface area contributed by atoms with Crippen LogP contribution in [-0.4, -0.2) is 28.5 Å². The zero-order chi connectivity index (χ0) is 24.9. The maximum Gasteiger partial charge on any atom is 0.159 e. The van der Waals surface area contributed by atoms with Gasteiger partial charge < -0.3 is 5.11 Å². The molecule has 0 aromatic carbocycles. The molecule has 0 saturated heterocycles. The Morgan fingerprint density at radius 2 is 1.51 bits per heavy atom. The van der Waals surface area contributed by atoms with Crippen molar-refractivity contribution in [3.63, 3.8) is 0 Å². The normalized spacial score (nSPS) is 36.7. The summed E-state index contributed by atoms with van der Waals surface area (Å²) in [5, 5.41) is 10.7. The summed E-state index contributed by atoms with van der Waals surface area (Å²) in [4.78, 5) is 13.1. The molecule has 0 bridgehead atoms. The summed E-state index contributed by atoms with van der Waals surface area (Å²) in [5.74, 6) is 4.81. The van der Waals surface area contributed by atoms with E-state index in [-0.39, 0.29) is 16.9 Å². The van der Waals surface area contributed by atoms with E-state index in [2.05, 4.69) is 20.8 Å². The van der Waals surface area contributed by atoms with Crippen LogP contribution in [0.25, 0.3) is 0 Å². The number of carbonyl (C=O) groups is 1. The Kier molecular flexibility index (Phi) is 9.92. The van der Waals surface area contributed by atoms with E-state index in [1.54, 1.807) is 5.57 Å². The van der Waals surface area contributed by atoms with Crippen molar-refractivity contribution in [2.45, 2.75) is 142 Å². The fourth-order valence-electron chi connectivity index (χ4n) is 8.83. The summed E-state index contributed by atoms with van der Waals surface area (Å²) in [7, 11) is 0. The Morgan fingerprint density at radius 1 is 0.829 bits per heavy atom. The zero-order valence-corrected chi connectivity index (χ0v) is 24.0. The van der Waals surface area contributed by atoms with Gasteiger partial charge in [-0.15, -0.1) is 0 Å². The van der Waals surface area contributed by atoms with Crippen LogP contribution in [0.4, 0.5) is 0 Å². The second-order valence-corrected chi connectivity index (χ2v) is 14.2. The Balaban J connectivity index is 1.25. The lowest BCUT2D eigenvalue weighted by Crippen LogP contribution is -2.51. The molecular formula is C32H54O2S. The third kappa shape index (κ3) is 5.92. The molecule has 3 heteroatoms. The van der Waals surface area contributed by atoms with Crippen LogP contribution in [0.2, 0.25) is 0 Å². The number of aliphatic hydroxyl groups is 1. The molecule has 0 heterocycles. The van der Waals surface area contributed by atoms with Gasteiger partial charge >= 0.3 is 0 Å². The lowest BCUT2D eigenvalue weighted by molar-refractivity contribution is -0.119. The SMILES string of the molecule is CCCCCCCCCCCCSCC1=C2CC[C@H]3[C@@H]4CC[C@H](O)[C@@]4(C)CC[C@@H]3[C@@]2(C)CCC1=O. The Bertz CT molecular complexity index is 744. The van der Waals surface area contributed by atoms with Gasteiger partial charge in [-0.3, -0.25) is 4.79 Å².